The maximum absolute atomic E-state index is 12.1. The number of aryl methyl sites for hydroxylation is 1. The van der Waals surface area contributed by atoms with Gasteiger partial charge in [-0.15, -0.1) is 0 Å². The molecule has 3 nitrogen and oxygen atoms in total. The highest BCUT2D eigenvalue weighted by Crippen LogP contribution is 2.48. The number of rotatable bonds is 7. The first-order valence-corrected chi connectivity index (χ1v) is 9.77. The highest BCUT2D eigenvalue weighted by molar-refractivity contribution is 6.55. The van der Waals surface area contributed by atoms with Gasteiger partial charge in [0, 0.05) is 5.69 Å². The maximum Gasteiger partial charge on any atom is 0.262 e. The lowest BCUT2D eigenvalue weighted by molar-refractivity contribution is -0.118. The number of nitrogens with one attached hydrogen (secondary N) is 1. The van der Waals surface area contributed by atoms with E-state index < -0.39 is 0 Å². The first-order chi connectivity index (χ1) is 12.3. The van der Waals surface area contributed by atoms with Gasteiger partial charge in [-0.25, -0.2) is 0 Å². The molecule has 0 bridgehead atoms. The molecule has 0 heterocycles. The minimum atomic E-state index is -0.374. The molecule has 0 saturated carbocycles. The van der Waals surface area contributed by atoms with Crippen molar-refractivity contribution in [2.45, 2.75) is 26.2 Å². The summed E-state index contributed by atoms with van der Waals surface area (Å²) in [5.41, 5.74) is 1.90. The molecule has 0 radical (unpaired) electrons. The molecule has 2 aromatic carbocycles. The zero-order valence-electron chi connectivity index (χ0n) is 13.8. The second-order valence-corrected chi connectivity index (χ2v) is 7.43. The fraction of sp³-hybridized carbons (Fsp3) is 0.278. The van der Waals surface area contributed by atoms with Gasteiger partial charge >= 0.3 is 0 Å². The molecule has 140 valence electrons. The van der Waals surface area contributed by atoms with Crippen molar-refractivity contribution in [3.8, 4) is 5.75 Å². The molecule has 0 spiro atoms. The van der Waals surface area contributed by atoms with E-state index >= 15 is 0 Å². The third-order valence-corrected chi connectivity index (χ3v) is 5.82. The van der Waals surface area contributed by atoms with Crippen LogP contribution in [0.5, 0.6) is 5.75 Å². The zero-order valence-corrected chi connectivity index (χ0v) is 17.6. The van der Waals surface area contributed by atoms with Crippen LogP contribution in [0.3, 0.4) is 0 Å². The van der Waals surface area contributed by atoms with E-state index in [2.05, 4.69) is 12.2 Å². The number of carbonyl (C=O) groups excluding carboxylic acids is 1. The number of amides is 1. The molecular formula is C18H16Cl5NO2. The summed E-state index contributed by atoms with van der Waals surface area (Å²) in [6, 6.07) is 7.66. The predicted molar refractivity (Wildman–Crippen MR) is 111 cm³/mol. The number of halogens is 5. The fourth-order valence-electron chi connectivity index (χ4n) is 2.18. The van der Waals surface area contributed by atoms with E-state index in [-0.39, 0.29) is 43.4 Å². The smallest absolute Gasteiger partial charge is 0.262 e. The molecule has 1 amide bonds. The van der Waals surface area contributed by atoms with Crippen LogP contribution in [0, 0.1) is 0 Å². The van der Waals surface area contributed by atoms with Gasteiger partial charge in [-0.05, 0) is 30.5 Å². The van der Waals surface area contributed by atoms with Gasteiger partial charge in [0.05, 0.1) is 15.1 Å². The van der Waals surface area contributed by atoms with Crippen molar-refractivity contribution in [1.82, 2.24) is 0 Å². The Morgan fingerprint density at radius 1 is 0.923 bits per heavy atom. The average Bonchev–Trinajstić information content (AvgIpc) is 2.64. The largest absolute Gasteiger partial charge is 0.481 e. The van der Waals surface area contributed by atoms with Crippen molar-refractivity contribution >= 4 is 69.6 Å². The molecule has 0 fully saturated rings. The molecule has 8 heteroatoms. The van der Waals surface area contributed by atoms with Crippen molar-refractivity contribution in [3.05, 3.63) is 54.9 Å². The highest BCUT2D eigenvalue weighted by atomic mass is 35.5. The molecule has 0 aliphatic carbocycles. The van der Waals surface area contributed by atoms with Gasteiger partial charge in [-0.2, -0.15) is 0 Å². The quantitative estimate of drug-likeness (QED) is 0.351. The standard InChI is InChI=1S/C18H16Cl5NO2/c1-2-3-4-10-5-7-11(8-6-10)24-12(25)9-26-18-16(22)14(20)13(19)15(21)17(18)23/h5-8H,2-4,9H2,1H3,(H,24,25). The Morgan fingerprint density at radius 2 is 1.46 bits per heavy atom. The third-order valence-electron chi connectivity index (χ3n) is 3.57. The van der Waals surface area contributed by atoms with E-state index in [1.165, 1.54) is 5.56 Å². The van der Waals surface area contributed by atoms with E-state index in [4.69, 9.17) is 62.7 Å². The zero-order chi connectivity index (χ0) is 19.3. The van der Waals surface area contributed by atoms with E-state index in [1.807, 2.05) is 24.3 Å². The molecule has 2 aromatic rings. The van der Waals surface area contributed by atoms with Gasteiger partial charge in [0.25, 0.3) is 5.91 Å². The monoisotopic (exact) mass is 453 g/mol. The highest BCUT2D eigenvalue weighted by Gasteiger charge is 2.21. The second-order valence-electron chi connectivity index (χ2n) is 5.54. The molecule has 0 aliphatic rings. The molecular weight excluding hydrogens is 439 g/mol. The van der Waals surface area contributed by atoms with Crippen LogP contribution in [-0.2, 0) is 11.2 Å². The van der Waals surface area contributed by atoms with Gasteiger partial charge in [-0.3, -0.25) is 4.79 Å². The van der Waals surface area contributed by atoms with Gasteiger partial charge in [0.15, 0.2) is 12.4 Å². The molecule has 0 aromatic heterocycles. The van der Waals surface area contributed by atoms with Gasteiger partial charge in [0.1, 0.15) is 10.0 Å². The van der Waals surface area contributed by atoms with Gasteiger partial charge in [0.2, 0.25) is 0 Å². The van der Waals surface area contributed by atoms with Crippen LogP contribution in [0.25, 0.3) is 0 Å². The first kappa shape index (κ1) is 21.5. The molecule has 26 heavy (non-hydrogen) atoms. The minimum Gasteiger partial charge on any atom is -0.481 e. The maximum atomic E-state index is 12.1. The summed E-state index contributed by atoms with van der Waals surface area (Å²) >= 11 is 30.0. The Hall–Kier alpha value is -0.840. The lowest BCUT2D eigenvalue weighted by atomic mass is 10.1. The van der Waals surface area contributed by atoms with Crippen LogP contribution >= 0.6 is 58.0 Å². The van der Waals surface area contributed by atoms with Gasteiger partial charge in [-0.1, -0.05) is 83.5 Å². The van der Waals surface area contributed by atoms with E-state index in [9.17, 15) is 4.79 Å². The molecule has 0 saturated heterocycles. The number of hydrogen-bond donors (Lipinski definition) is 1. The Kier molecular flexibility index (Phi) is 8.18. The Morgan fingerprint density at radius 3 is 2.00 bits per heavy atom. The Balaban J connectivity index is 1.99. The third kappa shape index (κ3) is 5.34. The summed E-state index contributed by atoms with van der Waals surface area (Å²) in [7, 11) is 0. The number of carbonyl (C=O) groups is 1. The molecule has 1 N–H and O–H groups in total. The lowest BCUT2D eigenvalue weighted by Gasteiger charge is -2.13. The molecule has 0 unspecified atom stereocenters. The van der Waals surface area contributed by atoms with Crippen LogP contribution in [0.2, 0.25) is 25.1 Å². The summed E-state index contributed by atoms with van der Waals surface area (Å²) in [5.74, 6) is -0.363. The van der Waals surface area contributed by atoms with Crippen LogP contribution in [0.1, 0.15) is 25.3 Å². The van der Waals surface area contributed by atoms with E-state index in [0.29, 0.717) is 5.69 Å². The normalized spacial score (nSPS) is 10.7. The van der Waals surface area contributed by atoms with E-state index in [0.717, 1.165) is 19.3 Å². The number of anilines is 1. The average molecular weight is 456 g/mol. The minimum absolute atomic E-state index is 0.000793. The first-order valence-electron chi connectivity index (χ1n) is 7.88. The SMILES string of the molecule is CCCCc1ccc(NC(=O)COc2c(Cl)c(Cl)c(Cl)c(Cl)c2Cl)cc1. The Bertz CT molecular complexity index is 764. The molecule has 2 rings (SSSR count). The summed E-state index contributed by atoms with van der Waals surface area (Å²) in [6.07, 6.45) is 3.29. The van der Waals surface area contributed by atoms with Crippen molar-refractivity contribution in [3.63, 3.8) is 0 Å². The number of benzene rings is 2. The summed E-state index contributed by atoms with van der Waals surface area (Å²) in [6.45, 7) is 1.83. The van der Waals surface area contributed by atoms with Crippen LogP contribution in [0.15, 0.2) is 24.3 Å². The second kappa shape index (κ2) is 9.91. The topological polar surface area (TPSA) is 38.3 Å². The van der Waals surface area contributed by atoms with Crippen molar-refractivity contribution < 1.29 is 9.53 Å². The summed E-state index contributed by atoms with van der Waals surface area (Å²) < 4.78 is 5.39. The van der Waals surface area contributed by atoms with Crippen LogP contribution in [0.4, 0.5) is 5.69 Å². The fourth-order valence-corrected chi connectivity index (χ4v) is 3.41. The van der Waals surface area contributed by atoms with Crippen molar-refractivity contribution in [2.24, 2.45) is 0 Å². The van der Waals surface area contributed by atoms with Crippen molar-refractivity contribution in [1.29, 1.82) is 0 Å². The van der Waals surface area contributed by atoms with Crippen molar-refractivity contribution in [2.75, 3.05) is 11.9 Å². The summed E-state index contributed by atoms with van der Waals surface area (Å²) in [5, 5.41) is 2.79. The van der Waals surface area contributed by atoms with Gasteiger partial charge < -0.3 is 10.1 Å². The molecule has 0 atom stereocenters. The number of unbranched alkanes of at least 4 members (excludes halogenated alkanes) is 1. The van der Waals surface area contributed by atoms with E-state index in [1.54, 1.807) is 0 Å². The summed E-state index contributed by atoms with van der Waals surface area (Å²) in [4.78, 5) is 12.1. The number of ether oxygens (including phenoxy) is 1. The predicted octanol–water partition coefficient (Wildman–Crippen LogP) is 7.31. The van der Waals surface area contributed by atoms with Crippen LogP contribution in [-0.4, -0.2) is 12.5 Å². The number of hydrogen-bond acceptors (Lipinski definition) is 2. The Labute approximate surface area is 177 Å². The lowest BCUT2D eigenvalue weighted by Crippen LogP contribution is -2.20. The molecule has 0 aliphatic heterocycles. The van der Waals surface area contributed by atoms with Crippen LogP contribution < -0.4 is 10.1 Å².